The average Bonchev–Trinajstić information content (AvgIpc) is 3.16. The van der Waals surface area contributed by atoms with Gasteiger partial charge < -0.3 is 5.73 Å². The summed E-state index contributed by atoms with van der Waals surface area (Å²) in [6, 6.07) is 8.25. The molecule has 0 saturated heterocycles. The summed E-state index contributed by atoms with van der Waals surface area (Å²) in [5.41, 5.74) is 9.00. The van der Waals surface area contributed by atoms with Crippen LogP contribution in [0.1, 0.15) is 43.0 Å². The first-order chi connectivity index (χ1) is 11.2. The van der Waals surface area contributed by atoms with Crippen molar-refractivity contribution in [1.82, 2.24) is 19.7 Å². The summed E-state index contributed by atoms with van der Waals surface area (Å²) in [6.45, 7) is 0. The van der Waals surface area contributed by atoms with Gasteiger partial charge in [-0.3, -0.25) is 0 Å². The van der Waals surface area contributed by atoms with E-state index in [9.17, 15) is 0 Å². The Kier molecular flexibility index (Phi) is 3.65. The first-order valence-electron chi connectivity index (χ1n) is 7.94. The van der Waals surface area contributed by atoms with E-state index in [0.29, 0.717) is 18.3 Å². The number of aromatic nitrogens is 4. The number of benzene rings is 1. The predicted molar refractivity (Wildman–Crippen MR) is 91.5 cm³/mol. The highest BCUT2D eigenvalue weighted by Crippen LogP contribution is 2.33. The fourth-order valence-electron chi connectivity index (χ4n) is 3.43. The van der Waals surface area contributed by atoms with Crippen LogP contribution in [-0.2, 0) is 6.42 Å². The quantitative estimate of drug-likeness (QED) is 0.795. The number of nitrogen functional groups attached to an aromatic ring is 1. The van der Waals surface area contributed by atoms with Crippen LogP contribution >= 0.6 is 11.6 Å². The van der Waals surface area contributed by atoms with Crippen molar-refractivity contribution in [2.75, 3.05) is 5.73 Å². The van der Waals surface area contributed by atoms with Crippen LogP contribution in [-0.4, -0.2) is 19.7 Å². The van der Waals surface area contributed by atoms with Crippen LogP contribution in [0.25, 0.3) is 11.0 Å². The van der Waals surface area contributed by atoms with Gasteiger partial charge in [0.05, 0.1) is 17.1 Å². The van der Waals surface area contributed by atoms with Crippen LogP contribution in [0.15, 0.2) is 30.6 Å². The van der Waals surface area contributed by atoms with Crippen LogP contribution < -0.4 is 5.73 Å². The van der Waals surface area contributed by atoms with E-state index in [-0.39, 0.29) is 0 Å². The molecule has 0 radical (unpaired) electrons. The molecule has 0 unspecified atom stereocenters. The van der Waals surface area contributed by atoms with Crippen LogP contribution in [0.5, 0.6) is 0 Å². The van der Waals surface area contributed by atoms with Gasteiger partial charge in [0.1, 0.15) is 12.1 Å². The van der Waals surface area contributed by atoms with Crippen LogP contribution in [0.2, 0.25) is 5.02 Å². The van der Waals surface area contributed by atoms with Gasteiger partial charge in [0.2, 0.25) is 0 Å². The standard InChI is InChI=1S/C17H18ClN5/c18-12-5-3-4-11(8-12)9-14-15-16(19)20-10-21-17(15)23(22-14)13-6-1-2-7-13/h3-5,8,10,13H,1-2,6-7,9H2,(H2,19,20,21). The Morgan fingerprint density at radius 1 is 1.22 bits per heavy atom. The monoisotopic (exact) mass is 327 g/mol. The fourth-order valence-corrected chi connectivity index (χ4v) is 3.65. The summed E-state index contributed by atoms with van der Waals surface area (Å²) in [7, 11) is 0. The first-order valence-corrected chi connectivity index (χ1v) is 8.32. The number of rotatable bonds is 3. The molecule has 0 amide bonds. The molecular formula is C17H18ClN5. The van der Waals surface area contributed by atoms with Crippen molar-refractivity contribution in [3.8, 4) is 0 Å². The zero-order valence-corrected chi connectivity index (χ0v) is 13.5. The summed E-state index contributed by atoms with van der Waals surface area (Å²) in [5, 5.41) is 6.45. The van der Waals surface area contributed by atoms with Gasteiger partial charge in [0.15, 0.2) is 5.65 Å². The normalized spacial score (nSPS) is 15.5. The van der Waals surface area contributed by atoms with Gasteiger partial charge in [-0.15, -0.1) is 0 Å². The van der Waals surface area contributed by atoms with Gasteiger partial charge in [-0.1, -0.05) is 36.6 Å². The lowest BCUT2D eigenvalue weighted by Crippen LogP contribution is -2.07. The molecule has 5 nitrogen and oxygen atoms in total. The van der Waals surface area contributed by atoms with E-state index in [1.165, 1.54) is 19.2 Å². The Hall–Kier alpha value is -2.14. The Labute approximate surface area is 139 Å². The van der Waals surface area contributed by atoms with E-state index in [4.69, 9.17) is 22.4 Å². The highest BCUT2D eigenvalue weighted by atomic mass is 35.5. The highest BCUT2D eigenvalue weighted by Gasteiger charge is 2.23. The van der Waals surface area contributed by atoms with Crippen LogP contribution in [0.4, 0.5) is 5.82 Å². The minimum absolute atomic E-state index is 0.417. The molecule has 1 aliphatic carbocycles. The van der Waals surface area contributed by atoms with Crippen LogP contribution in [0.3, 0.4) is 0 Å². The van der Waals surface area contributed by atoms with Crippen molar-refractivity contribution in [1.29, 1.82) is 0 Å². The predicted octanol–water partition coefficient (Wildman–Crippen LogP) is 3.77. The topological polar surface area (TPSA) is 69.6 Å². The molecule has 23 heavy (non-hydrogen) atoms. The highest BCUT2D eigenvalue weighted by molar-refractivity contribution is 6.30. The number of hydrogen-bond acceptors (Lipinski definition) is 4. The number of fused-ring (bicyclic) bond motifs is 1. The number of halogens is 1. The van der Waals surface area contributed by atoms with Crippen molar-refractivity contribution in [2.24, 2.45) is 0 Å². The molecule has 0 atom stereocenters. The third-order valence-corrected chi connectivity index (χ3v) is 4.76. The Balaban J connectivity index is 1.82. The molecule has 2 aromatic heterocycles. The molecule has 1 fully saturated rings. The SMILES string of the molecule is Nc1ncnc2c1c(Cc1cccc(Cl)c1)nn2C1CCCC1. The van der Waals surface area contributed by atoms with E-state index in [1.54, 1.807) is 0 Å². The molecule has 0 aliphatic heterocycles. The summed E-state index contributed by atoms with van der Waals surface area (Å²) in [4.78, 5) is 8.60. The van der Waals surface area contributed by atoms with Crippen molar-refractivity contribution in [3.05, 3.63) is 46.9 Å². The second-order valence-corrected chi connectivity index (χ2v) is 6.53. The third kappa shape index (κ3) is 2.65. The average molecular weight is 328 g/mol. The summed E-state index contributed by atoms with van der Waals surface area (Å²) < 4.78 is 2.06. The van der Waals surface area contributed by atoms with Gasteiger partial charge >= 0.3 is 0 Å². The number of nitrogens with zero attached hydrogens (tertiary/aromatic N) is 4. The van der Waals surface area contributed by atoms with Gasteiger partial charge in [-0.25, -0.2) is 14.6 Å². The maximum atomic E-state index is 6.12. The number of anilines is 1. The van der Waals surface area contributed by atoms with Crippen molar-refractivity contribution < 1.29 is 0 Å². The fraction of sp³-hybridized carbons (Fsp3) is 0.353. The zero-order chi connectivity index (χ0) is 15.8. The molecule has 6 heteroatoms. The largest absolute Gasteiger partial charge is 0.383 e. The molecule has 2 heterocycles. The molecule has 1 aromatic carbocycles. The van der Waals surface area contributed by atoms with Gasteiger partial charge in [-0.2, -0.15) is 5.10 Å². The van der Waals surface area contributed by atoms with E-state index in [2.05, 4.69) is 14.6 Å². The number of hydrogen-bond donors (Lipinski definition) is 1. The molecule has 1 saturated carbocycles. The lowest BCUT2D eigenvalue weighted by molar-refractivity contribution is 0.475. The lowest BCUT2D eigenvalue weighted by Gasteiger charge is -2.10. The van der Waals surface area contributed by atoms with E-state index < -0.39 is 0 Å². The molecule has 3 aromatic rings. The molecule has 0 spiro atoms. The Morgan fingerprint density at radius 3 is 2.83 bits per heavy atom. The van der Waals surface area contributed by atoms with Crippen LogP contribution in [0, 0.1) is 0 Å². The first kappa shape index (κ1) is 14.5. The Bertz CT molecular complexity index is 851. The van der Waals surface area contributed by atoms with E-state index in [0.717, 1.165) is 40.2 Å². The molecule has 118 valence electrons. The molecule has 2 N–H and O–H groups in total. The van der Waals surface area contributed by atoms with Gasteiger partial charge in [-0.05, 0) is 30.5 Å². The smallest absolute Gasteiger partial charge is 0.163 e. The molecule has 0 bridgehead atoms. The second kappa shape index (κ2) is 5.81. The maximum absolute atomic E-state index is 6.12. The number of nitrogens with two attached hydrogens (primary N) is 1. The maximum Gasteiger partial charge on any atom is 0.163 e. The molecule has 1 aliphatic rings. The molecular weight excluding hydrogens is 310 g/mol. The minimum Gasteiger partial charge on any atom is -0.383 e. The lowest BCUT2D eigenvalue weighted by atomic mass is 10.1. The van der Waals surface area contributed by atoms with Crippen molar-refractivity contribution >= 4 is 28.5 Å². The van der Waals surface area contributed by atoms with Crippen molar-refractivity contribution in [3.63, 3.8) is 0 Å². The summed E-state index contributed by atoms with van der Waals surface area (Å²) >= 11 is 6.09. The van der Waals surface area contributed by atoms with Gasteiger partial charge in [0, 0.05) is 11.4 Å². The van der Waals surface area contributed by atoms with Gasteiger partial charge in [0.25, 0.3) is 0 Å². The Morgan fingerprint density at radius 2 is 2.04 bits per heavy atom. The van der Waals surface area contributed by atoms with E-state index in [1.807, 2.05) is 24.3 Å². The minimum atomic E-state index is 0.417. The molecule has 4 rings (SSSR count). The zero-order valence-electron chi connectivity index (χ0n) is 12.7. The van der Waals surface area contributed by atoms with Crippen molar-refractivity contribution in [2.45, 2.75) is 38.1 Å². The summed E-state index contributed by atoms with van der Waals surface area (Å²) in [5.74, 6) is 0.497. The van der Waals surface area contributed by atoms with E-state index >= 15 is 0 Å². The second-order valence-electron chi connectivity index (χ2n) is 6.09. The third-order valence-electron chi connectivity index (χ3n) is 4.52. The summed E-state index contributed by atoms with van der Waals surface area (Å²) in [6.07, 6.45) is 6.99.